The Kier molecular flexibility index (Phi) is 3.72. The van der Waals surface area contributed by atoms with Gasteiger partial charge in [-0.1, -0.05) is 61.7 Å². The van der Waals surface area contributed by atoms with Crippen LogP contribution >= 0.6 is 0 Å². The van der Waals surface area contributed by atoms with Crippen molar-refractivity contribution in [2.45, 2.75) is 56.9 Å². The van der Waals surface area contributed by atoms with E-state index >= 15 is 0 Å². The Morgan fingerprint density at radius 1 is 0.852 bits per heavy atom. The predicted octanol–water partition coefficient (Wildman–Crippen LogP) is 6.07. The van der Waals surface area contributed by atoms with Crippen molar-refractivity contribution in [3.05, 3.63) is 77.5 Å². The topological polar surface area (TPSA) is 25.2 Å². The van der Waals surface area contributed by atoms with Crippen LogP contribution in [0.25, 0.3) is 10.9 Å². The molecule has 2 nitrogen and oxygen atoms in total. The summed E-state index contributed by atoms with van der Waals surface area (Å²) in [4.78, 5) is 10.1. The minimum absolute atomic E-state index is 0.108. The monoisotopic (exact) mass is 354 g/mol. The molecule has 1 saturated carbocycles. The van der Waals surface area contributed by atoms with Gasteiger partial charge in [-0.2, -0.15) is 0 Å². The third kappa shape index (κ3) is 2.46. The van der Waals surface area contributed by atoms with E-state index in [1.165, 1.54) is 48.6 Å². The number of nitrogens with zero attached hydrogens (tertiary/aromatic N) is 2. The summed E-state index contributed by atoms with van der Waals surface area (Å²) in [5.74, 6) is 0. The molecule has 3 aromatic rings. The molecule has 0 unspecified atom stereocenters. The smallest absolute Gasteiger partial charge is 0.0744 e. The van der Waals surface area contributed by atoms with Gasteiger partial charge < -0.3 is 0 Å². The molecule has 0 atom stereocenters. The lowest BCUT2D eigenvalue weighted by atomic mass is 9.57. The Morgan fingerprint density at radius 2 is 1.59 bits per heavy atom. The molecule has 2 aliphatic rings. The van der Waals surface area contributed by atoms with Gasteiger partial charge in [0.25, 0.3) is 0 Å². The van der Waals surface area contributed by atoms with Gasteiger partial charge in [0, 0.05) is 28.1 Å². The fraction of sp³-hybridized carbons (Fsp3) is 0.360. The first-order valence-electron chi connectivity index (χ1n) is 10.2. The minimum atomic E-state index is -0.108. The highest BCUT2D eigenvalue weighted by Gasteiger charge is 2.50. The first-order chi connectivity index (χ1) is 13.1. The summed E-state index contributed by atoms with van der Waals surface area (Å²) in [5, 5.41) is 1.17. The number of para-hydroxylation sites is 1. The van der Waals surface area contributed by atoms with Crippen LogP contribution in [-0.4, -0.2) is 16.2 Å². The SMILES string of the molecule is CC1(C)N=C(c2cnc3ccccc3c2)c2ccccc2C12CCCCC2. The van der Waals surface area contributed by atoms with Gasteiger partial charge in [-0.15, -0.1) is 0 Å². The van der Waals surface area contributed by atoms with Crippen molar-refractivity contribution in [1.29, 1.82) is 0 Å². The minimum Gasteiger partial charge on any atom is -0.277 e. The molecule has 0 radical (unpaired) electrons. The molecular weight excluding hydrogens is 328 g/mol. The summed E-state index contributed by atoms with van der Waals surface area (Å²) in [5.41, 5.74) is 6.11. The number of hydrogen-bond acceptors (Lipinski definition) is 2. The van der Waals surface area contributed by atoms with E-state index in [0.29, 0.717) is 0 Å². The Hall–Kier alpha value is -2.48. The van der Waals surface area contributed by atoms with Gasteiger partial charge in [-0.3, -0.25) is 9.98 Å². The Balaban J connectivity index is 1.73. The first-order valence-corrected chi connectivity index (χ1v) is 10.2. The van der Waals surface area contributed by atoms with Crippen LogP contribution in [0.15, 0.2) is 65.8 Å². The largest absolute Gasteiger partial charge is 0.277 e. The molecule has 0 N–H and O–H groups in total. The van der Waals surface area contributed by atoms with Crippen molar-refractivity contribution in [2.24, 2.45) is 4.99 Å². The van der Waals surface area contributed by atoms with E-state index in [1.807, 2.05) is 12.3 Å². The van der Waals surface area contributed by atoms with Crippen molar-refractivity contribution in [3.8, 4) is 0 Å². The molecule has 27 heavy (non-hydrogen) atoms. The van der Waals surface area contributed by atoms with Crippen LogP contribution < -0.4 is 0 Å². The predicted molar refractivity (Wildman–Crippen MR) is 113 cm³/mol. The molecular formula is C25H26N2. The average molecular weight is 354 g/mol. The van der Waals surface area contributed by atoms with Crippen molar-refractivity contribution < 1.29 is 0 Å². The van der Waals surface area contributed by atoms with Gasteiger partial charge in [0.1, 0.15) is 0 Å². The molecule has 1 spiro atoms. The normalized spacial score (nSPS) is 20.3. The maximum absolute atomic E-state index is 5.39. The number of pyridine rings is 1. The molecule has 1 aliphatic carbocycles. The highest BCUT2D eigenvalue weighted by atomic mass is 14.9. The molecule has 0 bridgehead atoms. The van der Waals surface area contributed by atoms with Gasteiger partial charge in [0.15, 0.2) is 0 Å². The van der Waals surface area contributed by atoms with E-state index in [4.69, 9.17) is 9.98 Å². The Bertz CT molecular complexity index is 1040. The maximum atomic E-state index is 5.39. The third-order valence-corrected chi connectivity index (χ3v) is 6.83. The number of benzene rings is 2. The number of aromatic nitrogens is 1. The van der Waals surface area contributed by atoms with E-state index in [2.05, 4.69) is 62.4 Å². The second-order valence-electron chi connectivity index (χ2n) is 8.62. The van der Waals surface area contributed by atoms with Crippen LogP contribution in [0.3, 0.4) is 0 Å². The van der Waals surface area contributed by atoms with E-state index in [1.54, 1.807) is 0 Å². The van der Waals surface area contributed by atoms with Crippen molar-refractivity contribution in [2.75, 3.05) is 0 Å². The molecule has 0 amide bonds. The summed E-state index contributed by atoms with van der Waals surface area (Å²) < 4.78 is 0. The van der Waals surface area contributed by atoms with E-state index in [0.717, 1.165) is 16.8 Å². The molecule has 2 heteroatoms. The van der Waals surface area contributed by atoms with Crippen LogP contribution in [0, 0.1) is 0 Å². The maximum Gasteiger partial charge on any atom is 0.0744 e. The van der Waals surface area contributed by atoms with Gasteiger partial charge in [0.05, 0.1) is 16.8 Å². The van der Waals surface area contributed by atoms with Crippen molar-refractivity contribution >= 4 is 16.6 Å². The van der Waals surface area contributed by atoms with Crippen LogP contribution in [0.1, 0.15) is 62.6 Å². The van der Waals surface area contributed by atoms with Gasteiger partial charge >= 0.3 is 0 Å². The molecule has 2 heterocycles. The second-order valence-corrected chi connectivity index (χ2v) is 8.62. The number of fused-ring (bicyclic) bond motifs is 3. The standard InChI is InChI=1S/C25H26N2/c1-24(2)25(14-8-3-9-15-25)21-12-6-5-11-20(21)23(27-24)19-16-18-10-4-7-13-22(18)26-17-19/h4-7,10-13,16-17H,3,8-9,14-15H2,1-2H3. The number of rotatable bonds is 1. The molecule has 1 aromatic heterocycles. The fourth-order valence-electron chi connectivity index (χ4n) is 5.34. The second kappa shape index (κ2) is 6.02. The quantitative estimate of drug-likeness (QED) is 0.521. The third-order valence-electron chi connectivity index (χ3n) is 6.83. The summed E-state index contributed by atoms with van der Waals surface area (Å²) >= 11 is 0. The molecule has 5 rings (SSSR count). The highest BCUT2D eigenvalue weighted by molar-refractivity contribution is 6.15. The highest BCUT2D eigenvalue weighted by Crippen LogP contribution is 2.52. The van der Waals surface area contributed by atoms with Gasteiger partial charge in [-0.05, 0) is 44.4 Å². The summed E-state index contributed by atoms with van der Waals surface area (Å²) in [6.45, 7) is 4.67. The van der Waals surface area contributed by atoms with Crippen molar-refractivity contribution in [1.82, 2.24) is 4.98 Å². The summed E-state index contributed by atoms with van der Waals surface area (Å²) in [7, 11) is 0. The molecule has 1 fully saturated rings. The summed E-state index contributed by atoms with van der Waals surface area (Å²) in [6, 6.07) is 19.5. The zero-order valence-electron chi connectivity index (χ0n) is 16.2. The zero-order valence-corrected chi connectivity index (χ0v) is 16.2. The molecule has 2 aromatic carbocycles. The van der Waals surface area contributed by atoms with E-state index in [9.17, 15) is 0 Å². The van der Waals surface area contributed by atoms with Crippen LogP contribution in [0.2, 0.25) is 0 Å². The zero-order chi connectivity index (χ0) is 18.5. The number of aliphatic imine (C=N–C) groups is 1. The van der Waals surface area contributed by atoms with Gasteiger partial charge in [-0.25, -0.2) is 0 Å². The van der Waals surface area contributed by atoms with Crippen molar-refractivity contribution in [3.63, 3.8) is 0 Å². The van der Waals surface area contributed by atoms with Gasteiger partial charge in [0.2, 0.25) is 0 Å². The molecule has 136 valence electrons. The Morgan fingerprint density at radius 3 is 2.44 bits per heavy atom. The summed E-state index contributed by atoms with van der Waals surface area (Å²) in [6.07, 6.45) is 8.44. The van der Waals surface area contributed by atoms with Crippen LogP contribution in [-0.2, 0) is 5.41 Å². The van der Waals surface area contributed by atoms with Crippen LogP contribution in [0.4, 0.5) is 0 Å². The first kappa shape index (κ1) is 16.7. The van der Waals surface area contributed by atoms with E-state index in [-0.39, 0.29) is 11.0 Å². The fourth-order valence-corrected chi connectivity index (χ4v) is 5.34. The lowest BCUT2D eigenvalue weighted by Gasteiger charge is -2.51. The lowest BCUT2D eigenvalue weighted by Crippen LogP contribution is -2.51. The molecule has 0 saturated heterocycles. The van der Waals surface area contributed by atoms with Crippen LogP contribution in [0.5, 0.6) is 0 Å². The average Bonchev–Trinajstić information content (AvgIpc) is 2.71. The Labute approximate surface area is 161 Å². The number of hydrogen-bond donors (Lipinski definition) is 0. The lowest BCUT2D eigenvalue weighted by molar-refractivity contribution is 0.180. The van der Waals surface area contributed by atoms with E-state index < -0.39 is 0 Å². The molecule has 1 aliphatic heterocycles.